The van der Waals surface area contributed by atoms with E-state index in [1.54, 1.807) is 41.0 Å². The molecule has 0 aliphatic carbocycles. The molecule has 0 spiro atoms. The number of carbonyl (C=O) groups is 3. The number of rotatable bonds is 5. The number of ether oxygens (including phenoxy) is 2. The first-order valence-electron chi connectivity index (χ1n) is 10.0. The van der Waals surface area contributed by atoms with Gasteiger partial charge < -0.3 is 19.3 Å². The second kappa shape index (κ2) is 9.91. The number of amides is 2. The van der Waals surface area contributed by atoms with Gasteiger partial charge in [-0.05, 0) is 43.7 Å². The summed E-state index contributed by atoms with van der Waals surface area (Å²) in [6, 6.07) is 14.3. The second-order valence-corrected chi connectivity index (χ2v) is 7.14. The summed E-state index contributed by atoms with van der Waals surface area (Å²) in [5.74, 6) is 0.284. The van der Waals surface area contributed by atoms with Crippen molar-refractivity contribution in [2.75, 3.05) is 32.8 Å². The zero-order valence-corrected chi connectivity index (χ0v) is 17.3. The third kappa shape index (κ3) is 5.59. The van der Waals surface area contributed by atoms with Crippen molar-refractivity contribution >= 4 is 18.0 Å². The molecular formula is C23H26N2O5. The van der Waals surface area contributed by atoms with Gasteiger partial charge in [0, 0.05) is 31.7 Å². The van der Waals surface area contributed by atoms with E-state index in [9.17, 15) is 14.4 Å². The van der Waals surface area contributed by atoms with Crippen molar-refractivity contribution in [2.45, 2.75) is 20.3 Å². The normalized spacial score (nSPS) is 13.7. The highest BCUT2D eigenvalue weighted by Crippen LogP contribution is 2.16. The van der Waals surface area contributed by atoms with Gasteiger partial charge in [0.15, 0.2) is 0 Å². The first-order valence-corrected chi connectivity index (χ1v) is 10.0. The molecule has 0 aromatic heterocycles. The monoisotopic (exact) mass is 410 g/mol. The summed E-state index contributed by atoms with van der Waals surface area (Å²) in [4.78, 5) is 40.1. The van der Waals surface area contributed by atoms with E-state index in [-0.39, 0.29) is 18.4 Å². The number of piperazine rings is 1. The summed E-state index contributed by atoms with van der Waals surface area (Å²) in [7, 11) is 0. The SMILES string of the molecule is CCOC(=O)Oc1ccc(C(=O)N2CCN(C(=O)Cc3ccc(C)cc3)CC2)cc1. The van der Waals surface area contributed by atoms with Crippen molar-refractivity contribution in [3.05, 3.63) is 65.2 Å². The van der Waals surface area contributed by atoms with Gasteiger partial charge in [0.05, 0.1) is 13.0 Å². The van der Waals surface area contributed by atoms with E-state index >= 15 is 0 Å². The molecule has 1 aliphatic heterocycles. The van der Waals surface area contributed by atoms with Gasteiger partial charge in [0.1, 0.15) is 5.75 Å². The Bertz CT molecular complexity index is 885. The van der Waals surface area contributed by atoms with Crippen LogP contribution in [0.25, 0.3) is 0 Å². The van der Waals surface area contributed by atoms with E-state index in [0.717, 1.165) is 5.56 Å². The van der Waals surface area contributed by atoms with Crippen LogP contribution in [0, 0.1) is 6.92 Å². The Hall–Kier alpha value is -3.35. The molecule has 3 rings (SSSR count). The fourth-order valence-corrected chi connectivity index (χ4v) is 3.24. The number of nitrogens with zero attached hydrogens (tertiary/aromatic N) is 2. The second-order valence-electron chi connectivity index (χ2n) is 7.14. The van der Waals surface area contributed by atoms with Gasteiger partial charge in [-0.3, -0.25) is 9.59 Å². The van der Waals surface area contributed by atoms with Gasteiger partial charge >= 0.3 is 6.16 Å². The Labute approximate surface area is 176 Å². The van der Waals surface area contributed by atoms with Crippen LogP contribution >= 0.6 is 0 Å². The van der Waals surface area contributed by atoms with Crippen molar-refractivity contribution in [1.82, 2.24) is 9.80 Å². The number of carbonyl (C=O) groups excluding carboxylic acids is 3. The number of benzene rings is 2. The lowest BCUT2D eigenvalue weighted by molar-refractivity contribution is -0.131. The molecule has 0 unspecified atom stereocenters. The summed E-state index contributed by atoms with van der Waals surface area (Å²) >= 11 is 0. The van der Waals surface area contributed by atoms with Crippen molar-refractivity contribution < 1.29 is 23.9 Å². The first-order chi connectivity index (χ1) is 14.5. The lowest BCUT2D eigenvalue weighted by Crippen LogP contribution is -2.51. The Morgan fingerprint density at radius 2 is 1.47 bits per heavy atom. The molecule has 2 amide bonds. The zero-order valence-electron chi connectivity index (χ0n) is 17.3. The highest BCUT2D eigenvalue weighted by atomic mass is 16.7. The molecule has 7 nitrogen and oxygen atoms in total. The van der Waals surface area contributed by atoms with Crippen molar-refractivity contribution in [2.24, 2.45) is 0 Å². The molecule has 1 heterocycles. The number of hydrogen-bond donors (Lipinski definition) is 0. The van der Waals surface area contributed by atoms with Crippen LogP contribution in [0.15, 0.2) is 48.5 Å². The maximum atomic E-state index is 12.7. The van der Waals surface area contributed by atoms with Crippen molar-refractivity contribution in [3.8, 4) is 5.75 Å². The van der Waals surface area contributed by atoms with Gasteiger partial charge in [-0.1, -0.05) is 29.8 Å². The highest BCUT2D eigenvalue weighted by molar-refractivity contribution is 5.94. The van der Waals surface area contributed by atoms with Crippen LogP contribution in [-0.2, 0) is 16.0 Å². The third-order valence-corrected chi connectivity index (χ3v) is 4.96. The molecule has 0 bridgehead atoms. The first kappa shape index (κ1) is 21.4. The predicted octanol–water partition coefficient (Wildman–Crippen LogP) is 3.06. The maximum Gasteiger partial charge on any atom is 0.513 e. The summed E-state index contributed by atoms with van der Waals surface area (Å²) in [6.07, 6.45) is -0.404. The van der Waals surface area contributed by atoms with Crippen LogP contribution in [0.3, 0.4) is 0 Å². The van der Waals surface area contributed by atoms with Crippen LogP contribution in [0.5, 0.6) is 5.75 Å². The lowest BCUT2D eigenvalue weighted by atomic mass is 10.1. The standard InChI is InChI=1S/C23H26N2O5/c1-3-29-23(28)30-20-10-8-19(9-11-20)22(27)25-14-12-24(13-15-25)21(26)16-18-6-4-17(2)5-7-18/h4-11H,3,12-16H2,1-2H3. The van der Waals surface area contributed by atoms with E-state index in [1.807, 2.05) is 31.2 Å². The molecule has 1 fully saturated rings. The highest BCUT2D eigenvalue weighted by Gasteiger charge is 2.25. The third-order valence-electron chi connectivity index (χ3n) is 4.96. The van der Waals surface area contributed by atoms with E-state index in [1.165, 1.54) is 5.56 Å². The smallest absolute Gasteiger partial charge is 0.434 e. The molecule has 0 atom stereocenters. The average molecular weight is 410 g/mol. The molecule has 2 aromatic rings. The Morgan fingerprint density at radius 1 is 0.867 bits per heavy atom. The molecule has 0 radical (unpaired) electrons. The van der Waals surface area contributed by atoms with E-state index < -0.39 is 6.16 Å². The van der Waals surface area contributed by atoms with Gasteiger partial charge in [-0.15, -0.1) is 0 Å². The zero-order chi connectivity index (χ0) is 21.5. The summed E-state index contributed by atoms with van der Waals surface area (Å²) in [5.41, 5.74) is 2.67. The van der Waals surface area contributed by atoms with Crippen LogP contribution in [0.4, 0.5) is 4.79 Å². The van der Waals surface area contributed by atoms with Gasteiger partial charge in [0.25, 0.3) is 5.91 Å². The molecule has 0 N–H and O–H groups in total. The minimum absolute atomic E-state index is 0.0754. The maximum absolute atomic E-state index is 12.7. The molecule has 0 saturated carbocycles. The Morgan fingerprint density at radius 3 is 2.07 bits per heavy atom. The molecule has 1 aliphatic rings. The van der Waals surface area contributed by atoms with Crippen LogP contribution in [-0.4, -0.2) is 60.6 Å². The lowest BCUT2D eigenvalue weighted by Gasteiger charge is -2.35. The van der Waals surface area contributed by atoms with Crippen molar-refractivity contribution in [3.63, 3.8) is 0 Å². The topological polar surface area (TPSA) is 76.2 Å². The van der Waals surface area contributed by atoms with Gasteiger partial charge in [0.2, 0.25) is 5.91 Å². The molecule has 7 heteroatoms. The summed E-state index contributed by atoms with van der Waals surface area (Å²) in [5, 5.41) is 0. The molecule has 158 valence electrons. The molecule has 1 saturated heterocycles. The number of aryl methyl sites for hydroxylation is 1. The average Bonchev–Trinajstić information content (AvgIpc) is 2.75. The van der Waals surface area contributed by atoms with Crippen LogP contribution in [0.2, 0.25) is 0 Å². The Kier molecular flexibility index (Phi) is 7.06. The van der Waals surface area contributed by atoms with Crippen molar-refractivity contribution in [1.29, 1.82) is 0 Å². The summed E-state index contributed by atoms with van der Waals surface area (Å²) in [6.45, 7) is 5.94. The van der Waals surface area contributed by atoms with E-state index in [4.69, 9.17) is 9.47 Å². The number of hydrogen-bond acceptors (Lipinski definition) is 5. The fraction of sp³-hybridized carbons (Fsp3) is 0.348. The molecule has 30 heavy (non-hydrogen) atoms. The van der Waals surface area contributed by atoms with E-state index in [0.29, 0.717) is 43.9 Å². The van der Waals surface area contributed by atoms with Crippen LogP contribution < -0.4 is 4.74 Å². The molecular weight excluding hydrogens is 384 g/mol. The minimum Gasteiger partial charge on any atom is -0.434 e. The minimum atomic E-state index is -0.775. The van der Waals surface area contributed by atoms with E-state index in [2.05, 4.69) is 0 Å². The molecule has 2 aromatic carbocycles. The summed E-state index contributed by atoms with van der Waals surface area (Å²) < 4.78 is 9.72. The fourth-order valence-electron chi connectivity index (χ4n) is 3.24. The largest absolute Gasteiger partial charge is 0.513 e. The Balaban J connectivity index is 1.50. The quantitative estimate of drug-likeness (QED) is 0.559. The van der Waals surface area contributed by atoms with Gasteiger partial charge in [-0.2, -0.15) is 0 Å². The predicted molar refractivity (Wildman–Crippen MR) is 111 cm³/mol. The van der Waals surface area contributed by atoms with Crippen LogP contribution in [0.1, 0.15) is 28.4 Å². The van der Waals surface area contributed by atoms with Gasteiger partial charge in [-0.25, -0.2) is 4.79 Å².